The Morgan fingerprint density at radius 2 is 2.17 bits per heavy atom. The Balaban J connectivity index is 1.83. The average Bonchev–Trinajstić information content (AvgIpc) is 2.65. The highest BCUT2D eigenvalue weighted by atomic mass is 79.9. The van der Waals surface area contributed by atoms with E-state index in [9.17, 15) is 4.79 Å². The third kappa shape index (κ3) is 3.68. The van der Waals surface area contributed by atoms with Crippen LogP contribution in [0, 0.1) is 5.92 Å². The van der Waals surface area contributed by atoms with Gasteiger partial charge in [0.1, 0.15) is 0 Å². The minimum Gasteiger partial charge on any atom is -0.378 e. The molecule has 1 amide bonds. The molecule has 2 fully saturated rings. The average molecular weight is 319 g/mol. The summed E-state index contributed by atoms with van der Waals surface area (Å²) in [6, 6.07) is 0. The van der Waals surface area contributed by atoms with E-state index in [2.05, 4.69) is 20.8 Å². The molecular weight excluding hydrogens is 296 g/mol. The second kappa shape index (κ2) is 6.87. The molecule has 2 aliphatic heterocycles. The molecule has 2 heterocycles. The van der Waals surface area contributed by atoms with Crippen LogP contribution >= 0.6 is 15.9 Å². The Labute approximate surface area is 118 Å². The lowest BCUT2D eigenvalue weighted by Gasteiger charge is -2.23. The van der Waals surface area contributed by atoms with Crippen LogP contribution in [-0.2, 0) is 9.53 Å². The molecular formula is C13H23BrN2O2. The number of carbonyl (C=O) groups is 1. The van der Waals surface area contributed by atoms with E-state index in [-0.39, 0.29) is 12.0 Å². The Bertz CT molecular complexity index is 288. The lowest BCUT2D eigenvalue weighted by molar-refractivity contribution is -0.135. The van der Waals surface area contributed by atoms with Gasteiger partial charge in [-0.15, -0.1) is 0 Å². The van der Waals surface area contributed by atoms with E-state index in [0.29, 0.717) is 12.5 Å². The molecule has 0 aliphatic carbocycles. The summed E-state index contributed by atoms with van der Waals surface area (Å²) in [5.41, 5.74) is 0. The highest BCUT2D eigenvalue weighted by Gasteiger charge is 2.32. The molecule has 0 aromatic heterocycles. The van der Waals surface area contributed by atoms with Gasteiger partial charge < -0.3 is 14.5 Å². The molecule has 0 N–H and O–H groups in total. The minimum atomic E-state index is 0.0997. The van der Waals surface area contributed by atoms with Crippen LogP contribution in [-0.4, -0.2) is 66.5 Å². The number of ether oxygens (including phenoxy) is 1. The number of nitrogens with zero attached hydrogens (tertiary/aromatic N) is 2. The number of amides is 1. The van der Waals surface area contributed by atoms with Crippen molar-refractivity contribution < 1.29 is 9.53 Å². The van der Waals surface area contributed by atoms with Crippen molar-refractivity contribution in [1.29, 1.82) is 0 Å². The lowest BCUT2D eigenvalue weighted by Crippen LogP contribution is -2.39. The Morgan fingerprint density at radius 1 is 1.33 bits per heavy atom. The number of alkyl halides is 1. The number of carbonyl (C=O) groups excluding carboxylic acids is 1. The summed E-state index contributed by atoms with van der Waals surface area (Å²) in [5.74, 6) is 0.405. The zero-order valence-electron chi connectivity index (χ0n) is 11.1. The molecule has 2 saturated heterocycles. The maximum atomic E-state index is 12.4. The molecule has 0 aromatic rings. The first-order valence-corrected chi connectivity index (χ1v) is 8.01. The molecule has 0 spiro atoms. The summed E-state index contributed by atoms with van der Waals surface area (Å²) in [4.78, 5) is 16.8. The van der Waals surface area contributed by atoms with Gasteiger partial charge in [0.05, 0.1) is 18.6 Å². The third-order valence-corrected chi connectivity index (χ3v) is 4.20. The smallest absolute Gasteiger partial charge is 0.228 e. The molecule has 2 aliphatic rings. The van der Waals surface area contributed by atoms with Gasteiger partial charge in [0, 0.05) is 31.5 Å². The van der Waals surface area contributed by atoms with Gasteiger partial charge in [0.15, 0.2) is 0 Å². The molecule has 0 aromatic carbocycles. The molecule has 0 radical (unpaired) electrons. The van der Waals surface area contributed by atoms with Crippen molar-refractivity contribution in [1.82, 2.24) is 9.80 Å². The summed E-state index contributed by atoms with van der Waals surface area (Å²) in [6.07, 6.45) is 2.22. The van der Waals surface area contributed by atoms with Crippen molar-refractivity contribution in [3.8, 4) is 0 Å². The SMILES string of the molecule is CC1CC(C(=O)N2CCCN(CCBr)CC2)CO1. The summed E-state index contributed by atoms with van der Waals surface area (Å²) in [7, 11) is 0. The molecule has 104 valence electrons. The fourth-order valence-electron chi connectivity index (χ4n) is 2.78. The van der Waals surface area contributed by atoms with Gasteiger partial charge in [0.25, 0.3) is 0 Å². The second-order valence-corrected chi connectivity index (χ2v) is 6.08. The predicted molar refractivity (Wildman–Crippen MR) is 75.0 cm³/mol. The molecule has 4 nitrogen and oxygen atoms in total. The minimum absolute atomic E-state index is 0.0997. The van der Waals surface area contributed by atoms with Crippen LogP contribution < -0.4 is 0 Å². The highest BCUT2D eigenvalue weighted by Crippen LogP contribution is 2.21. The topological polar surface area (TPSA) is 32.8 Å². The van der Waals surface area contributed by atoms with Gasteiger partial charge in [0.2, 0.25) is 5.91 Å². The summed E-state index contributed by atoms with van der Waals surface area (Å²) in [5, 5.41) is 1.01. The van der Waals surface area contributed by atoms with E-state index in [1.807, 2.05) is 11.8 Å². The van der Waals surface area contributed by atoms with Crippen molar-refractivity contribution in [2.45, 2.75) is 25.9 Å². The van der Waals surface area contributed by atoms with E-state index in [1.165, 1.54) is 0 Å². The largest absolute Gasteiger partial charge is 0.378 e. The summed E-state index contributed by atoms with van der Waals surface area (Å²) >= 11 is 3.48. The predicted octanol–water partition coefficient (Wildman–Crippen LogP) is 1.34. The summed E-state index contributed by atoms with van der Waals surface area (Å²) < 4.78 is 5.50. The van der Waals surface area contributed by atoms with Gasteiger partial charge in [-0.1, -0.05) is 15.9 Å². The molecule has 2 unspecified atom stereocenters. The molecule has 2 atom stereocenters. The Morgan fingerprint density at radius 3 is 2.83 bits per heavy atom. The number of rotatable bonds is 3. The number of hydrogen-bond acceptors (Lipinski definition) is 3. The quantitative estimate of drug-likeness (QED) is 0.736. The van der Waals surface area contributed by atoms with Crippen molar-refractivity contribution in [2.24, 2.45) is 5.92 Å². The first-order valence-electron chi connectivity index (χ1n) is 6.89. The van der Waals surface area contributed by atoms with Crippen LogP contribution in [0.1, 0.15) is 19.8 Å². The Kier molecular flexibility index (Phi) is 5.45. The van der Waals surface area contributed by atoms with Crippen LogP contribution in [0.2, 0.25) is 0 Å². The second-order valence-electron chi connectivity index (χ2n) is 5.29. The normalized spacial score (nSPS) is 30.4. The van der Waals surface area contributed by atoms with Crippen LogP contribution in [0.3, 0.4) is 0 Å². The lowest BCUT2D eigenvalue weighted by atomic mass is 10.0. The van der Waals surface area contributed by atoms with Crippen LogP contribution in [0.15, 0.2) is 0 Å². The van der Waals surface area contributed by atoms with Gasteiger partial charge in [-0.2, -0.15) is 0 Å². The Hall–Kier alpha value is -0.130. The molecule has 18 heavy (non-hydrogen) atoms. The van der Waals surface area contributed by atoms with Crippen molar-refractivity contribution >= 4 is 21.8 Å². The molecule has 5 heteroatoms. The van der Waals surface area contributed by atoms with Crippen LogP contribution in [0.5, 0.6) is 0 Å². The fraction of sp³-hybridized carbons (Fsp3) is 0.923. The van der Waals surface area contributed by atoms with Crippen LogP contribution in [0.4, 0.5) is 0 Å². The van der Waals surface area contributed by atoms with Gasteiger partial charge in [-0.3, -0.25) is 4.79 Å². The van der Waals surface area contributed by atoms with Gasteiger partial charge in [-0.05, 0) is 26.3 Å². The third-order valence-electron chi connectivity index (χ3n) is 3.85. The van der Waals surface area contributed by atoms with E-state index in [4.69, 9.17) is 4.74 Å². The fourth-order valence-corrected chi connectivity index (χ4v) is 3.28. The highest BCUT2D eigenvalue weighted by molar-refractivity contribution is 9.09. The van der Waals surface area contributed by atoms with Gasteiger partial charge >= 0.3 is 0 Å². The zero-order valence-corrected chi connectivity index (χ0v) is 12.7. The maximum absolute atomic E-state index is 12.4. The van der Waals surface area contributed by atoms with E-state index in [0.717, 1.165) is 50.9 Å². The van der Waals surface area contributed by atoms with Gasteiger partial charge in [-0.25, -0.2) is 0 Å². The zero-order chi connectivity index (χ0) is 13.0. The molecule has 0 bridgehead atoms. The molecule has 2 rings (SSSR count). The van der Waals surface area contributed by atoms with E-state index >= 15 is 0 Å². The molecule has 0 saturated carbocycles. The van der Waals surface area contributed by atoms with E-state index in [1.54, 1.807) is 0 Å². The van der Waals surface area contributed by atoms with E-state index < -0.39 is 0 Å². The number of hydrogen-bond donors (Lipinski definition) is 0. The van der Waals surface area contributed by atoms with Crippen molar-refractivity contribution in [2.75, 3.05) is 44.7 Å². The van der Waals surface area contributed by atoms with Crippen LogP contribution in [0.25, 0.3) is 0 Å². The van der Waals surface area contributed by atoms with Crippen molar-refractivity contribution in [3.05, 3.63) is 0 Å². The first kappa shape index (κ1) is 14.3. The maximum Gasteiger partial charge on any atom is 0.228 e. The summed E-state index contributed by atoms with van der Waals surface area (Å²) in [6.45, 7) is 7.62. The number of halogens is 1. The van der Waals surface area contributed by atoms with Crippen molar-refractivity contribution in [3.63, 3.8) is 0 Å². The monoisotopic (exact) mass is 318 g/mol. The first-order chi connectivity index (χ1) is 8.70. The standard InChI is InChI=1S/C13H23BrN2O2/c1-11-9-12(10-18-11)13(17)16-5-2-4-15(6-3-14)7-8-16/h11-12H,2-10H2,1H3.